The number of aliphatic hydroxyl groups excluding tert-OH is 3. The Morgan fingerprint density at radius 3 is 1.25 bits per heavy atom. The third-order valence-electron chi connectivity index (χ3n) is 18.2. The van der Waals surface area contributed by atoms with Crippen molar-refractivity contribution in [3.8, 4) is 0 Å². The van der Waals surface area contributed by atoms with Crippen molar-refractivity contribution in [1.82, 2.24) is 5.32 Å². The van der Waals surface area contributed by atoms with E-state index in [4.69, 9.17) is 106 Å². The van der Waals surface area contributed by atoms with Crippen LogP contribution >= 0.6 is 34.8 Å². The monoisotopic (exact) mass is 1460 g/mol. The molecule has 4 N–H and O–H groups in total. The molecule has 0 saturated carbocycles. The lowest BCUT2D eigenvalue weighted by molar-refractivity contribution is -0.407. The molecule has 546 valence electrons. The highest BCUT2D eigenvalue weighted by Crippen LogP contribution is 2.42. The number of hydrogen-bond donors (Lipinski definition) is 4. The van der Waals surface area contributed by atoms with E-state index in [-0.39, 0.29) is 66.1 Å². The number of benzene rings is 7. The number of aliphatic hydroxyl groups is 3. The van der Waals surface area contributed by atoms with Crippen molar-refractivity contribution in [2.75, 3.05) is 26.4 Å². The lowest BCUT2D eigenvalue weighted by Crippen LogP contribution is -2.70. The van der Waals surface area contributed by atoms with E-state index in [1.807, 2.05) is 219 Å². The SMILES string of the molecule is C=CCO[C@@H]1O[C@@H](C)[C@H](OCc2ccccc2)[C@@H](COCc2ccccc2)[C@H]1O[C@@H]1O[C@@H](C)[C@H](OCc2ccccc2)[C@@H](O[C@@H]2O[C@@H](COCc3ccccc3)[C@H](OCc3ccccc3)[C@@H](OCc3ccccc3)[C@H]2OCc2ccccc2)[C@H]1O[C@@H]1O[C@H](CO)[C@@H](O)[C@H](O)[C@H]1NC(=O)C(Cl)(Cl)Cl. The molecule has 4 heterocycles. The van der Waals surface area contributed by atoms with E-state index in [9.17, 15) is 20.1 Å². The maximum atomic E-state index is 13.9. The van der Waals surface area contributed by atoms with Gasteiger partial charge in [0, 0.05) is 5.92 Å². The second kappa shape index (κ2) is 38.8. The normalized spacial score (nSPS) is 29.8. The molecule has 20 atom stereocenters. The number of hydrogen-bond acceptors (Lipinski definition) is 19. The van der Waals surface area contributed by atoms with Crippen LogP contribution in [0.25, 0.3) is 0 Å². The molecular weight excluding hydrogens is 1370 g/mol. The van der Waals surface area contributed by atoms with Crippen molar-refractivity contribution < 1.29 is 91.2 Å². The Balaban J connectivity index is 1.07. The van der Waals surface area contributed by atoms with Crippen molar-refractivity contribution in [1.29, 1.82) is 0 Å². The van der Waals surface area contributed by atoms with Gasteiger partial charge in [-0.1, -0.05) is 253 Å². The summed E-state index contributed by atoms with van der Waals surface area (Å²) in [5.41, 5.74) is 6.05. The molecule has 0 spiro atoms. The van der Waals surface area contributed by atoms with Crippen molar-refractivity contribution in [2.45, 2.75) is 181 Å². The van der Waals surface area contributed by atoms with Crippen LogP contribution in [-0.4, -0.2) is 168 Å². The quantitative estimate of drug-likeness (QED) is 0.0217. The van der Waals surface area contributed by atoms with E-state index in [2.05, 4.69) is 11.9 Å². The number of carbonyl (C=O) groups excluding carboxylic acids is 1. The third-order valence-corrected chi connectivity index (χ3v) is 18.7. The highest BCUT2D eigenvalue weighted by atomic mass is 35.6. The van der Waals surface area contributed by atoms with Gasteiger partial charge in [0.2, 0.25) is 0 Å². The van der Waals surface area contributed by atoms with Gasteiger partial charge in [-0.05, 0) is 52.8 Å². The van der Waals surface area contributed by atoms with Crippen LogP contribution in [0.1, 0.15) is 52.8 Å². The first-order chi connectivity index (χ1) is 49.7. The number of carbonyl (C=O) groups is 1. The number of halogens is 3. The molecule has 0 bridgehead atoms. The van der Waals surface area contributed by atoms with E-state index in [0.717, 1.165) is 38.9 Å². The molecule has 20 nitrogen and oxygen atoms in total. The number of rotatable bonds is 34. The Labute approximate surface area is 610 Å². The molecule has 11 rings (SSSR count). The minimum Gasteiger partial charge on any atom is -0.394 e. The first kappa shape index (κ1) is 77.0. The molecule has 1 amide bonds. The summed E-state index contributed by atoms with van der Waals surface area (Å²) in [4.78, 5) is 13.9. The molecule has 4 fully saturated rings. The van der Waals surface area contributed by atoms with E-state index in [1.54, 1.807) is 13.0 Å². The van der Waals surface area contributed by atoms with Gasteiger partial charge >= 0.3 is 0 Å². The second-order valence-corrected chi connectivity index (χ2v) is 27.8. The fraction of sp³-hybridized carbons (Fsp3) is 0.430. The Morgan fingerprint density at radius 1 is 0.422 bits per heavy atom. The van der Waals surface area contributed by atoms with Gasteiger partial charge in [0.1, 0.15) is 73.2 Å². The fourth-order valence-corrected chi connectivity index (χ4v) is 13.1. The molecule has 23 heteroatoms. The molecule has 0 unspecified atom stereocenters. The predicted octanol–water partition coefficient (Wildman–Crippen LogP) is 10.8. The zero-order chi connectivity index (χ0) is 71.2. The molecule has 4 aliphatic rings. The summed E-state index contributed by atoms with van der Waals surface area (Å²) in [6, 6.07) is 66.0. The molecule has 4 aliphatic heterocycles. The van der Waals surface area contributed by atoms with Gasteiger partial charge in [-0.2, -0.15) is 0 Å². The fourth-order valence-electron chi connectivity index (χ4n) is 13.0. The lowest BCUT2D eigenvalue weighted by Gasteiger charge is -2.52. The number of alkyl halides is 3. The average Bonchev–Trinajstić information content (AvgIpc) is 0.762. The van der Waals surface area contributed by atoms with Crippen LogP contribution in [-0.2, 0) is 122 Å². The molecule has 4 saturated heterocycles. The van der Waals surface area contributed by atoms with E-state index in [0.29, 0.717) is 0 Å². The zero-order valence-corrected chi connectivity index (χ0v) is 59.1. The highest BCUT2D eigenvalue weighted by Gasteiger charge is 2.59. The van der Waals surface area contributed by atoms with Crippen LogP contribution in [0.4, 0.5) is 0 Å². The van der Waals surface area contributed by atoms with Gasteiger partial charge in [-0.25, -0.2) is 0 Å². The zero-order valence-electron chi connectivity index (χ0n) is 56.8. The van der Waals surface area contributed by atoms with Crippen LogP contribution in [0.2, 0.25) is 0 Å². The highest BCUT2D eigenvalue weighted by molar-refractivity contribution is 6.76. The maximum Gasteiger partial charge on any atom is 0.272 e. The Bertz CT molecular complexity index is 3550. The summed E-state index contributed by atoms with van der Waals surface area (Å²) in [5, 5.41) is 37.2. The number of amides is 1. The maximum absolute atomic E-state index is 13.9. The average molecular weight is 1460 g/mol. The summed E-state index contributed by atoms with van der Waals surface area (Å²) >= 11 is 18.7. The topological polar surface area (TPSA) is 228 Å². The van der Waals surface area contributed by atoms with Crippen LogP contribution < -0.4 is 5.32 Å². The van der Waals surface area contributed by atoms with Crippen LogP contribution in [0.3, 0.4) is 0 Å². The summed E-state index contributed by atoms with van der Waals surface area (Å²) in [6.45, 7) is 7.66. The predicted molar refractivity (Wildman–Crippen MR) is 379 cm³/mol. The van der Waals surface area contributed by atoms with Gasteiger partial charge in [0.15, 0.2) is 25.2 Å². The Hall–Kier alpha value is -6.10. The molecule has 7 aromatic carbocycles. The molecule has 0 aromatic heterocycles. The van der Waals surface area contributed by atoms with Crippen LogP contribution in [0.5, 0.6) is 0 Å². The van der Waals surface area contributed by atoms with Gasteiger partial charge in [-0.3, -0.25) is 4.79 Å². The third kappa shape index (κ3) is 21.3. The van der Waals surface area contributed by atoms with E-state index >= 15 is 0 Å². The summed E-state index contributed by atoms with van der Waals surface area (Å²) in [7, 11) is 0. The molecular formula is C79H90Cl3NO19. The lowest BCUT2D eigenvalue weighted by atomic mass is 9.89. The molecule has 0 aliphatic carbocycles. The number of ether oxygens (including phenoxy) is 15. The molecule has 102 heavy (non-hydrogen) atoms. The van der Waals surface area contributed by atoms with Crippen molar-refractivity contribution in [3.63, 3.8) is 0 Å². The Kier molecular flexibility index (Phi) is 29.3. The van der Waals surface area contributed by atoms with Gasteiger partial charge in [0.05, 0.1) is 91.0 Å². The van der Waals surface area contributed by atoms with Crippen molar-refractivity contribution in [2.24, 2.45) is 5.92 Å². The van der Waals surface area contributed by atoms with Crippen molar-refractivity contribution in [3.05, 3.63) is 264 Å². The smallest absolute Gasteiger partial charge is 0.272 e. The molecule has 7 aromatic rings. The van der Waals surface area contributed by atoms with E-state index in [1.165, 1.54) is 0 Å². The summed E-state index contributed by atoms with van der Waals surface area (Å²) < 4.78 is 103. The summed E-state index contributed by atoms with van der Waals surface area (Å²) in [5.74, 6) is -1.93. The van der Waals surface area contributed by atoms with E-state index < -0.39 is 139 Å². The molecule has 0 radical (unpaired) electrons. The Morgan fingerprint density at radius 2 is 0.794 bits per heavy atom. The minimum absolute atomic E-state index is 0.00261. The largest absolute Gasteiger partial charge is 0.394 e. The van der Waals surface area contributed by atoms with Gasteiger partial charge < -0.3 is 91.7 Å². The first-order valence-electron chi connectivity index (χ1n) is 34.4. The van der Waals surface area contributed by atoms with Crippen LogP contribution in [0, 0.1) is 5.92 Å². The standard InChI is InChI=1S/C79H90Cl3NO19/c1-4-40-90-75-68(60(49-88-42-53-26-12-5-13-27-53)66(51(2)96-75)91-44-55-30-16-7-17-31-55)100-77-73(102-74-63(83-78(87)79(80,81)82)65(86)64(85)61(41-84)98-74)71(67(52(3)97-77)92-45-56-32-18-8-19-33-56)101-76-72(95-48-59-38-24-11-25-39-59)70(94-47-58-36-22-10-23-37-58)69(93-46-57-34-20-9-21-35-57)62(99-76)50-89-43-54-28-14-6-15-29-54/h4-39,51-52,60-77,84-86H,1,40-50H2,2-3H3,(H,83,87)/t51-,52-,60+,61+,62-,63+,64+,65+,66-,67-,68+,69-,70+,71+,72+,73+,74-,75+,76-,77-/m0/s1. The van der Waals surface area contributed by atoms with Gasteiger partial charge in [0.25, 0.3) is 9.70 Å². The number of nitrogens with one attached hydrogen (secondary N) is 1. The van der Waals surface area contributed by atoms with Crippen LogP contribution in [0.15, 0.2) is 225 Å². The minimum atomic E-state index is -2.61. The first-order valence-corrected chi connectivity index (χ1v) is 35.5. The van der Waals surface area contributed by atoms with Gasteiger partial charge in [-0.15, -0.1) is 6.58 Å². The van der Waals surface area contributed by atoms with Crippen molar-refractivity contribution >= 4 is 40.7 Å². The second-order valence-electron chi connectivity index (χ2n) is 25.6. The summed E-state index contributed by atoms with van der Waals surface area (Å²) in [6.07, 6.45) is -21.7.